The summed E-state index contributed by atoms with van der Waals surface area (Å²) in [6, 6.07) is 30.4. The molecule has 118 heavy (non-hydrogen) atoms. The lowest BCUT2D eigenvalue weighted by atomic mass is 10.0. The van der Waals surface area contributed by atoms with E-state index in [0.29, 0.717) is 148 Å². The van der Waals surface area contributed by atoms with E-state index in [-0.39, 0.29) is 151 Å². The molecule has 24 atom stereocenters. The van der Waals surface area contributed by atoms with Crippen molar-refractivity contribution in [3.63, 3.8) is 0 Å². The van der Waals surface area contributed by atoms with Gasteiger partial charge in [0, 0.05) is 65.9 Å². The van der Waals surface area contributed by atoms with E-state index in [1.54, 1.807) is 123 Å². The molecule has 0 saturated carbocycles. The van der Waals surface area contributed by atoms with Crippen molar-refractivity contribution < 1.29 is 134 Å². The third kappa shape index (κ3) is 20.3. The minimum absolute atomic E-state index is 0.00101. The third-order valence-electron chi connectivity index (χ3n) is 22.8. The van der Waals surface area contributed by atoms with Gasteiger partial charge in [0.2, 0.25) is 0 Å². The number of carbonyl (C=O) groups excluding carboxylic acids is 6. The van der Waals surface area contributed by atoms with Gasteiger partial charge in [0.1, 0.15) is 60.3 Å². The molecule has 4 aromatic carbocycles. The number of pyridine rings is 2. The van der Waals surface area contributed by atoms with Crippen molar-refractivity contribution in [2.24, 2.45) is 35.5 Å². The normalized spacial score (nSPS) is 32.3. The van der Waals surface area contributed by atoms with Crippen LogP contribution in [-0.4, -0.2) is 250 Å². The zero-order valence-electron chi connectivity index (χ0n) is 67.0. The first-order valence-corrected chi connectivity index (χ1v) is 39.8. The van der Waals surface area contributed by atoms with Gasteiger partial charge in [-0.05, 0) is 92.1 Å². The molecule has 2 N–H and O–H groups in total. The minimum Gasteiger partial charge on any atom is -0.508 e. The first kappa shape index (κ1) is 86.2. The highest BCUT2D eigenvalue weighted by Gasteiger charge is 2.53. The third-order valence-corrected chi connectivity index (χ3v) is 22.8. The number of para-hydroxylation sites is 1. The smallest absolute Gasteiger partial charge is 0.342 e. The quantitative estimate of drug-likeness (QED) is 0.0420. The Morgan fingerprint density at radius 1 is 0.356 bits per heavy atom. The van der Waals surface area contributed by atoms with E-state index >= 15 is 0 Å². The molecule has 32 heteroatoms. The lowest BCUT2D eigenvalue weighted by Gasteiger charge is -2.17. The number of esters is 6. The zero-order chi connectivity index (χ0) is 83.4. The molecule has 0 bridgehead atoms. The number of nitrogens with zero attached hydrogens (tertiary/aromatic N) is 3. The predicted octanol–water partition coefficient (Wildman–Crippen LogP) is 8.71. The fraction of sp³-hybridized carbons (Fsp3) is 0.535. The Balaban J connectivity index is 0.000000123. The first-order chi connectivity index (χ1) is 56.9. The summed E-state index contributed by atoms with van der Waals surface area (Å²) >= 11 is 0. The summed E-state index contributed by atoms with van der Waals surface area (Å²) in [5, 5.41) is 29.0. The molecule has 0 aliphatic carbocycles. The lowest BCUT2D eigenvalue weighted by molar-refractivity contribution is -0.763. The highest BCUT2D eigenvalue weighted by molar-refractivity contribution is 5.94. The highest BCUT2D eigenvalue weighted by Crippen LogP contribution is 2.39. The molecule has 0 spiro atoms. The van der Waals surface area contributed by atoms with Crippen LogP contribution in [0.2, 0.25) is 0 Å². The van der Waals surface area contributed by atoms with Gasteiger partial charge in [0.15, 0.2) is 36.6 Å². The van der Waals surface area contributed by atoms with E-state index in [1.165, 1.54) is 6.20 Å². The van der Waals surface area contributed by atoms with Gasteiger partial charge in [0.05, 0.1) is 144 Å². The van der Waals surface area contributed by atoms with E-state index in [0.717, 1.165) is 5.56 Å². The molecule has 6 aromatic rings. The van der Waals surface area contributed by atoms with Crippen LogP contribution in [-0.2, 0) is 96.7 Å². The van der Waals surface area contributed by atoms with Gasteiger partial charge in [-0.3, -0.25) is 9.97 Å². The van der Waals surface area contributed by atoms with E-state index in [9.17, 15) is 49.1 Å². The van der Waals surface area contributed by atoms with Crippen molar-refractivity contribution in [2.75, 3.05) is 79.3 Å². The van der Waals surface area contributed by atoms with Crippen molar-refractivity contribution in [2.45, 2.75) is 179 Å². The molecular weight excluding hydrogens is 1540 g/mol. The molecule has 12 saturated heterocycles. The minimum atomic E-state index is -0.898. The second-order valence-electron chi connectivity index (χ2n) is 31.5. The summed E-state index contributed by atoms with van der Waals surface area (Å²) in [6.45, 7) is 23.5. The SMILES string of the molecule is CC1CO[C@H]2[C@@H]1OC[C@H]2OC(=O)c1ccccc1CO[N+](=O)[O-].CC1CO[C@H]2[C@@H]1OC[C@H]2OC(=O)c1cccnc1.CC1CO[C@H]2[C@@H]1OC[C@H]2OC(=O)c1ccncc1.Cc1c(O)cccc1C(=O)O[C@@H]1CO[C@@H]2C(C)CO[C@@H]21.Cc1cccc(C(=O)O[C@@H]2CO[C@@H]3C(C)CO[C@@H]32)c1O.Cc1ccccc1C(=O)O[C@@H]1CO[C@@H]2C(C)CO[C@@H]21. The Hall–Kier alpha value is -9.68. The molecule has 14 heterocycles. The Labute approximate surface area is 681 Å². The molecule has 0 amide bonds. The number of hydrogen-bond donors (Lipinski definition) is 2. The second-order valence-corrected chi connectivity index (χ2v) is 31.5. The summed E-state index contributed by atoms with van der Waals surface area (Å²) in [6.07, 6.45) is 3.24. The summed E-state index contributed by atoms with van der Waals surface area (Å²) in [5.41, 5.74) is 4.83. The number of hydrogen-bond acceptors (Lipinski definition) is 31. The molecule has 12 aliphatic rings. The Morgan fingerprint density at radius 2 is 0.686 bits per heavy atom. The van der Waals surface area contributed by atoms with Crippen molar-refractivity contribution in [1.82, 2.24) is 9.97 Å². The van der Waals surface area contributed by atoms with Gasteiger partial charge in [0.25, 0.3) is 5.09 Å². The number of carbonyl (C=O) groups is 6. The van der Waals surface area contributed by atoms with Crippen LogP contribution in [0.25, 0.3) is 0 Å². The largest absolute Gasteiger partial charge is 0.508 e. The highest BCUT2D eigenvalue weighted by atomic mass is 17.0. The second kappa shape index (κ2) is 39.5. The first-order valence-electron chi connectivity index (χ1n) is 39.8. The number of benzene rings is 4. The fourth-order valence-electron chi connectivity index (χ4n) is 16.2. The van der Waals surface area contributed by atoms with Crippen molar-refractivity contribution in [1.29, 1.82) is 0 Å². The van der Waals surface area contributed by atoms with Crippen molar-refractivity contribution >= 4 is 35.8 Å². The Kier molecular flexibility index (Phi) is 28.8. The lowest BCUT2D eigenvalue weighted by Crippen LogP contribution is -2.33. The molecule has 2 aromatic heterocycles. The predicted molar refractivity (Wildman–Crippen MR) is 411 cm³/mol. The fourth-order valence-corrected chi connectivity index (χ4v) is 16.2. The maximum Gasteiger partial charge on any atom is 0.342 e. The molecule has 0 radical (unpaired) electrons. The summed E-state index contributed by atoms with van der Waals surface area (Å²) < 4.78 is 100. The summed E-state index contributed by atoms with van der Waals surface area (Å²) in [5.74, 6) is -0.523. The van der Waals surface area contributed by atoms with Gasteiger partial charge < -0.3 is 100 Å². The van der Waals surface area contributed by atoms with Crippen LogP contribution in [0.5, 0.6) is 11.5 Å². The van der Waals surface area contributed by atoms with Crippen LogP contribution in [0, 0.1) is 66.4 Å². The van der Waals surface area contributed by atoms with Gasteiger partial charge in [-0.15, -0.1) is 10.1 Å². The van der Waals surface area contributed by atoms with Crippen molar-refractivity contribution in [3.05, 3.63) is 200 Å². The number of fused-ring (bicyclic) bond motifs is 6. The Bertz CT molecular complexity index is 4270. The standard InChI is InChI=1S/C15H17NO7.2C15H18O5.C15H18O4.2C13H15NO4/c1-9-6-20-14-12(8-21-13(9)14)23-15(17)11-5-3-2-4-10(11)7-22-16(18)19;1-8-6-18-14-12(7-19-13(8)14)20-15(17)10-4-3-5-11(16)9(10)2;1-8-4-3-5-10(12(8)16)15(17)20-11-7-19-13-9(2)6-18-14(11)13;1-9-5-3-4-6-11(9)15(16)19-12-8-18-13-10(2)7-17-14(12)13;1-8-6-16-12-10(7-17-11(8)12)18-13(15)9-2-4-14-5-3-9;1-8-6-16-12-10(7-17-11(8)12)18-13(15)9-3-2-4-14-5-9/h2-5,9,12-14H,6-8H2,1H3;3-5,8,12-14,16H,6-7H2,1-2H3;3-5,9,11,13-14,16H,6-7H2,1-2H3;3-6,10,12-14H,7-8H2,1-2H3;2*2-5,8,10-12H,6-7H2,1H3/t9?,12-,13-,14-;8?,12-,13-,14-;9?,11-,13-,14-;10?,12-,13-,14-;2*8?,10-,11-,12-/m111111/s1. The van der Waals surface area contributed by atoms with Crippen LogP contribution in [0.1, 0.15) is 126 Å². The van der Waals surface area contributed by atoms with Crippen LogP contribution < -0.4 is 0 Å². The van der Waals surface area contributed by atoms with Gasteiger partial charge >= 0.3 is 35.8 Å². The van der Waals surface area contributed by atoms with E-state index in [2.05, 4.69) is 49.4 Å². The van der Waals surface area contributed by atoms with Gasteiger partial charge in [-0.2, -0.15) is 0 Å². The number of ether oxygens (including phenoxy) is 18. The zero-order valence-corrected chi connectivity index (χ0v) is 67.0. The topological polar surface area (TPSA) is 387 Å². The molecule has 634 valence electrons. The van der Waals surface area contributed by atoms with Gasteiger partial charge in [-0.25, -0.2) is 28.8 Å². The van der Waals surface area contributed by atoms with Crippen molar-refractivity contribution in [3.8, 4) is 11.5 Å². The molecule has 12 aliphatic heterocycles. The number of rotatable bonds is 15. The molecule has 18 rings (SSSR count). The van der Waals surface area contributed by atoms with Crippen LogP contribution in [0.3, 0.4) is 0 Å². The average Bonchev–Trinajstić information content (AvgIpc) is 1.66. The monoisotopic (exact) mass is 1640 g/mol. The number of aromatic nitrogens is 2. The summed E-state index contributed by atoms with van der Waals surface area (Å²) in [7, 11) is 0. The number of aromatic hydroxyl groups is 2. The maximum atomic E-state index is 12.4. The van der Waals surface area contributed by atoms with E-state index in [1.807, 2.05) is 32.0 Å². The number of phenolic OH excluding ortho intramolecular Hbond substituents is 2. The summed E-state index contributed by atoms with van der Waals surface area (Å²) in [4.78, 5) is 95.1. The van der Waals surface area contributed by atoms with Crippen LogP contribution in [0.15, 0.2) is 134 Å². The van der Waals surface area contributed by atoms with E-state index < -0.39 is 35.2 Å². The number of phenols is 2. The molecule has 32 nitrogen and oxygen atoms in total. The Morgan fingerprint density at radius 3 is 1.09 bits per heavy atom. The maximum absolute atomic E-state index is 12.4. The average molecular weight is 1640 g/mol. The molecule has 12 fully saturated rings. The molecule has 6 unspecified atom stereocenters. The van der Waals surface area contributed by atoms with Crippen LogP contribution in [0.4, 0.5) is 0 Å². The van der Waals surface area contributed by atoms with Crippen LogP contribution >= 0.6 is 0 Å². The number of aryl methyl sites for hydroxylation is 2. The van der Waals surface area contributed by atoms with Gasteiger partial charge in [-0.1, -0.05) is 96.1 Å². The van der Waals surface area contributed by atoms with E-state index in [4.69, 9.17) is 85.3 Å². The molecular formula is C86H101N3O29.